The SMILES string of the molecule is CNC(=O)c1ccc(NC(=O)c2c(C)nn(CC(C)C)c2Cl)cc1. The maximum absolute atomic E-state index is 12.5. The van der Waals surface area contributed by atoms with Gasteiger partial charge in [0.25, 0.3) is 11.8 Å². The minimum atomic E-state index is -0.319. The number of anilines is 1. The molecule has 24 heavy (non-hydrogen) atoms. The van der Waals surface area contributed by atoms with E-state index >= 15 is 0 Å². The van der Waals surface area contributed by atoms with Crippen LogP contribution in [0.2, 0.25) is 5.15 Å². The average molecular weight is 349 g/mol. The minimum Gasteiger partial charge on any atom is -0.355 e. The van der Waals surface area contributed by atoms with Crippen LogP contribution in [0, 0.1) is 12.8 Å². The van der Waals surface area contributed by atoms with E-state index in [-0.39, 0.29) is 11.8 Å². The molecule has 1 heterocycles. The summed E-state index contributed by atoms with van der Waals surface area (Å²) in [5.74, 6) is -0.128. The van der Waals surface area contributed by atoms with Gasteiger partial charge in [-0.25, -0.2) is 0 Å². The first-order chi connectivity index (χ1) is 11.3. The van der Waals surface area contributed by atoms with Crippen molar-refractivity contribution in [1.82, 2.24) is 15.1 Å². The van der Waals surface area contributed by atoms with Crippen LogP contribution in [0.5, 0.6) is 0 Å². The van der Waals surface area contributed by atoms with Gasteiger partial charge in [0.05, 0.1) is 11.3 Å². The number of rotatable bonds is 5. The van der Waals surface area contributed by atoms with Crippen LogP contribution in [-0.4, -0.2) is 28.6 Å². The highest BCUT2D eigenvalue weighted by molar-refractivity contribution is 6.33. The molecule has 0 radical (unpaired) electrons. The molecule has 0 bridgehead atoms. The summed E-state index contributed by atoms with van der Waals surface area (Å²) in [7, 11) is 1.57. The van der Waals surface area contributed by atoms with Gasteiger partial charge in [0.1, 0.15) is 5.15 Å². The number of carbonyl (C=O) groups is 2. The molecular weight excluding hydrogens is 328 g/mol. The van der Waals surface area contributed by atoms with Crippen molar-refractivity contribution in [2.24, 2.45) is 5.92 Å². The lowest BCUT2D eigenvalue weighted by Gasteiger charge is -2.07. The van der Waals surface area contributed by atoms with Crippen LogP contribution in [0.4, 0.5) is 5.69 Å². The molecule has 2 N–H and O–H groups in total. The zero-order chi connectivity index (χ0) is 17.9. The molecule has 0 unspecified atom stereocenters. The molecule has 128 valence electrons. The van der Waals surface area contributed by atoms with Crippen LogP contribution in [0.15, 0.2) is 24.3 Å². The van der Waals surface area contributed by atoms with Crippen molar-refractivity contribution in [3.8, 4) is 0 Å². The molecule has 0 saturated heterocycles. The summed E-state index contributed by atoms with van der Waals surface area (Å²) in [6.07, 6.45) is 0. The third-order valence-corrected chi connectivity index (χ3v) is 3.85. The van der Waals surface area contributed by atoms with Crippen molar-refractivity contribution in [2.75, 3.05) is 12.4 Å². The lowest BCUT2D eigenvalue weighted by Crippen LogP contribution is -2.18. The van der Waals surface area contributed by atoms with Crippen LogP contribution in [0.3, 0.4) is 0 Å². The second kappa shape index (κ2) is 7.49. The molecule has 6 nitrogen and oxygen atoms in total. The van der Waals surface area contributed by atoms with Gasteiger partial charge in [-0.15, -0.1) is 0 Å². The molecule has 1 aromatic heterocycles. The molecule has 7 heteroatoms. The number of nitrogens with zero attached hydrogens (tertiary/aromatic N) is 2. The number of benzene rings is 1. The second-order valence-corrected chi connectivity index (χ2v) is 6.30. The average Bonchev–Trinajstić information content (AvgIpc) is 2.80. The number of aryl methyl sites for hydroxylation is 1. The van der Waals surface area contributed by atoms with E-state index < -0.39 is 0 Å². The zero-order valence-electron chi connectivity index (χ0n) is 14.2. The van der Waals surface area contributed by atoms with Crippen molar-refractivity contribution in [3.63, 3.8) is 0 Å². The summed E-state index contributed by atoms with van der Waals surface area (Å²) < 4.78 is 1.64. The molecule has 1 aromatic carbocycles. The smallest absolute Gasteiger partial charge is 0.260 e. The fourth-order valence-corrected chi connectivity index (χ4v) is 2.65. The van der Waals surface area contributed by atoms with Crippen molar-refractivity contribution in [3.05, 3.63) is 46.2 Å². The van der Waals surface area contributed by atoms with Gasteiger partial charge in [-0.1, -0.05) is 25.4 Å². The first kappa shape index (κ1) is 18.0. The van der Waals surface area contributed by atoms with Crippen LogP contribution in [-0.2, 0) is 6.54 Å². The van der Waals surface area contributed by atoms with Crippen LogP contribution in [0.25, 0.3) is 0 Å². The third-order valence-electron chi connectivity index (χ3n) is 3.46. The van der Waals surface area contributed by atoms with E-state index in [1.54, 1.807) is 42.9 Å². The van der Waals surface area contributed by atoms with Gasteiger partial charge in [-0.3, -0.25) is 14.3 Å². The maximum Gasteiger partial charge on any atom is 0.260 e. The van der Waals surface area contributed by atoms with Gasteiger partial charge >= 0.3 is 0 Å². The second-order valence-electron chi connectivity index (χ2n) is 5.94. The normalized spacial score (nSPS) is 10.8. The lowest BCUT2D eigenvalue weighted by atomic mass is 10.2. The predicted molar refractivity (Wildman–Crippen MR) is 94.6 cm³/mol. The zero-order valence-corrected chi connectivity index (χ0v) is 14.9. The van der Waals surface area contributed by atoms with E-state index in [1.165, 1.54) is 0 Å². The molecule has 0 fully saturated rings. The Kier molecular flexibility index (Phi) is 5.62. The van der Waals surface area contributed by atoms with E-state index in [9.17, 15) is 9.59 Å². The molecule has 0 spiro atoms. The Balaban J connectivity index is 2.18. The highest BCUT2D eigenvalue weighted by Gasteiger charge is 2.20. The van der Waals surface area contributed by atoms with E-state index in [4.69, 9.17) is 11.6 Å². The number of aromatic nitrogens is 2. The van der Waals surface area contributed by atoms with Crippen molar-refractivity contribution < 1.29 is 9.59 Å². The van der Waals surface area contributed by atoms with E-state index in [0.717, 1.165) is 0 Å². The lowest BCUT2D eigenvalue weighted by molar-refractivity contribution is 0.0962. The van der Waals surface area contributed by atoms with Gasteiger partial charge in [-0.05, 0) is 37.1 Å². The summed E-state index contributed by atoms with van der Waals surface area (Å²) in [4.78, 5) is 24.0. The quantitative estimate of drug-likeness (QED) is 0.871. The van der Waals surface area contributed by atoms with Crippen LogP contribution in [0.1, 0.15) is 40.3 Å². The van der Waals surface area contributed by atoms with E-state index in [1.807, 2.05) is 0 Å². The number of amides is 2. The number of carbonyl (C=O) groups excluding carboxylic acids is 2. The Bertz CT molecular complexity index is 751. The number of halogens is 1. The Morgan fingerprint density at radius 1 is 1.21 bits per heavy atom. The summed E-state index contributed by atoms with van der Waals surface area (Å²) in [6.45, 7) is 6.52. The van der Waals surface area contributed by atoms with Gasteiger partial charge in [0.15, 0.2) is 0 Å². The summed E-state index contributed by atoms with van der Waals surface area (Å²) in [5, 5.41) is 9.99. The van der Waals surface area contributed by atoms with Crippen LogP contribution < -0.4 is 10.6 Å². The topological polar surface area (TPSA) is 76.0 Å². The maximum atomic E-state index is 12.5. The molecule has 2 rings (SSSR count). The van der Waals surface area contributed by atoms with E-state index in [2.05, 4.69) is 29.6 Å². The van der Waals surface area contributed by atoms with Crippen molar-refractivity contribution >= 4 is 29.1 Å². The first-order valence-corrected chi connectivity index (χ1v) is 8.07. The standard InChI is InChI=1S/C17H21ClN4O2/c1-10(2)9-22-15(18)14(11(3)21-22)17(24)20-13-7-5-12(6-8-13)16(23)19-4/h5-8,10H,9H2,1-4H3,(H,19,23)(H,20,24). The summed E-state index contributed by atoms with van der Waals surface area (Å²) in [5.41, 5.74) is 2.06. The largest absolute Gasteiger partial charge is 0.355 e. The fraction of sp³-hybridized carbons (Fsp3) is 0.353. The monoisotopic (exact) mass is 348 g/mol. The summed E-state index contributed by atoms with van der Waals surface area (Å²) in [6, 6.07) is 6.63. The number of hydrogen-bond acceptors (Lipinski definition) is 3. The molecular formula is C17H21ClN4O2. The Hall–Kier alpha value is -2.34. The van der Waals surface area contributed by atoms with Gasteiger partial charge in [-0.2, -0.15) is 5.10 Å². The molecule has 0 aliphatic heterocycles. The fourth-order valence-electron chi connectivity index (χ4n) is 2.32. The highest BCUT2D eigenvalue weighted by atomic mass is 35.5. The molecule has 0 aliphatic carbocycles. The van der Waals surface area contributed by atoms with Crippen molar-refractivity contribution in [1.29, 1.82) is 0 Å². The Labute approximate surface area is 146 Å². The molecule has 0 aliphatic rings. The van der Waals surface area contributed by atoms with Gasteiger partial charge in [0, 0.05) is 24.8 Å². The number of hydrogen-bond donors (Lipinski definition) is 2. The summed E-state index contributed by atoms with van der Waals surface area (Å²) >= 11 is 6.31. The third kappa shape index (κ3) is 3.94. The highest BCUT2D eigenvalue weighted by Crippen LogP contribution is 2.22. The molecule has 0 saturated carbocycles. The van der Waals surface area contributed by atoms with E-state index in [0.29, 0.717) is 40.1 Å². The molecule has 2 aromatic rings. The molecule has 2 amide bonds. The number of nitrogens with one attached hydrogen (secondary N) is 2. The van der Waals surface area contributed by atoms with Gasteiger partial charge in [0.2, 0.25) is 0 Å². The van der Waals surface area contributed by atoms with Gasteiger partial charge < -0.3 is 10.6 Å². The first-order valence-electron chi connectivity index (χ1n) is 7.69. The Morgan fingerprint density at radius 2 is 1.83 bits per heavy atom. The Morgan fingerprint density at radius 3 is 2.38 bits per heavy atom. The van der Waals surface area contributed by atoms with Crippen molar-refractivity contribution in [2.45, 2.75) is 27.3 Å². The minimum absolute atomic E-state index is 0.179. The van der Waals surface area contributed by atoms with Crippen LogP contribution >= 0.6 is 11.6 Å². The predicted octanol–water partition coefficient (Wildman–Crippen LogP) is 3.11. The molecule has 0 atom stereocenters.